The summed E-state index contributed by atoms with van der Waals surface area (Å²) in [5.41, 5.74) is 4.63. The molecule has 0 spiro atoms. The van der Waals surface area contributed by atoms with Gasteiger partial charge in [0.05, 0.1) is 16.7 Å². The number of nitro benzene ring substituents is 1. The first-order valence-corrected chi connectivity index (χ1v) is 7.33. The molecular weight excluding hydrogens is 324 g/mol. The van der Waals surface area contributed by atoms with Gasteiger partial charge in [-0.25, -0.2) is 5.43 Å². The number of carbonyl (C=O) groups excluding carboxylic acids is 2. The molecule has 0 aliphatic carbocycles. The lowest BCUT2D eigenvalue weighted by atomic mass is 10.1. The number of hydrogen-bond acceptors (Lipinski definition) is 5. The van der Waals surface area contributed by atoms with Crippen LogP contribution >= 0.6 is 0 Å². The normalized spacial score (nSPS) is 10.5. The molecule has 0 aromatic heterocycles. The molecule has 25 heavy (non-hydrogen) atoms. The lowest BCUT2D eigenvalue weighted by Gasteiger charge is -2.06. The molecule has 2 aromatic rings. The number of carbonyl (C=O) groups is 2. The highest BCUT2D eigenvalue weighted by Crippen LogP contribution is 2.15. The summed E-state index contributed by atoms with van der Waals surface area (Å²) < 4.78 is 0. The van der Waals surface area contributed by atoms with E-state index in [2.05, 4.69) is 10.4 Å². The van der Waals surface area contributed by atoms with Crippen LogP contribution in [-0.4, -0.2) is 23.0 Å². The zero-order valence-corrected chi connectivity index (χ0v) is 13.6. The van der Waals surface area contributed by atoms with Crippen molar-refractivity contribution in [3.63, 3.8) is 0 Å². The van der Waals surface area contributed by atoms with E-state index in [1.807, 2.05) is 25.3 Å². The maximum atomic E-state index is 11.8. The molecule has 2 N–H and O–H groups in total. The van der Waals surface area contributed by atoms with Gasteiger partial charge in [0, 0.05) is 11.8 Å². The van der Waals surface area contributed by atoms with Crippen LogP contribution in [-0.2, 0) is 9.59 Å². The maximum Gasteiger partial charge on any atom is 0.329 e. The summed E-state index contributed by atoms with van der Waals surface area (Å²) in [6.07, 6.45) is 1.11. The Labute approximate surface area is 143 Å². The van der Waals surface area contributed by atoms with Crippen molar-refractivity contribution in [2.24, 2.45) is 5.10 Å². The molecule has 2 aromatic carbocycles. The first-order chi connectivity index (χ1) is 11.9. The molecule has 0 fully saturated rings. The highest BCUT2D eigenvalue weighted by molar-refractivity contribution is 6.39. The molecule has 0 radical (unpaired) electrons. The molecule has 2 amide bonds. The summed E-state index contributed by atoms with van der Waals surface area (Å²) in [4.78, 5) is 33.9. The smallest absolute Gasteiger partial charge is 0.318 e. The Balaban J connectivity index is 1.99. The molecular formula is C17H16N4O4. The molecule has 0 aliphatic heterocycles. The average Bonchev–Trinajstić information content (AvgIpc) is 2.58. The van der Waals surface area contributed by atoms with Gasteiger partial charge >= 0.3 is 11.8 Å². The molecule has 0 saturated heterocycles. The Kier molecular flexibility index (Phi) is 5.57. The standard InChI is InChI=1S/C17H16N4O4/c1-11-7-8-14(9-12(11)2)19-16(22)17(23)20-18-10-13-5-3-4-6-15(13)21(24)25/h3-10H,1-2H3,(H,19,22)(H,20,23)/b18-10+. The fraction of sp³-hybridized carbons (Fsp3) is 0.118. The SMILES string of the molecule is Cc1ccc(NC(=O)C(=O)N/N=C/c2ccccc2[N+](=O)[O-])cc1C. The molecule has 0 bridgehead atoms. The second kappa shape index (κ2) is 7.82. The van der Waals surface area contributed by atoms with Crippen LogP contribution in [0.25, 0.3) is 0 Å². The van der Waals surface area contributed by atoms with E-state index in [4.69, 9.17) is 0 Å². The number of hydrogen-bond donors (Lipinski definition) is 2. The molecule has 0 heterocycles. The monoisotopic (exact) mass is 340 g/mol. The van der Waals surface area contributed by atoms with Crippen molar-refractivity contribution in [3.8, 4) is 0 Å². The number of hydrazone groups is 1. The van der Waals surface area contributed by atoms with Crippen molar-refractivity contribution in [1.29, 1.82) is 0 Å². The zero-order valence-electron chi connectivity index (χ0n) is 13.6. The van der Waals surface area contributed by atoms with E-state index in [0.29, 0.717) is 5.69 Å². The van der Waals surface area contributed by atoms with Crippen LogP contribution in [0.3, 0.4) is 0 Å². The van der Waals surface area contributed by atoms with Crippen molar-refractivity contribution in [2.75, 3.05) is 5.32 Å². The largest absolute Gasteiger partial charge is 0.329 e. The highest BCUT2D eigenvalue weighted by Gasteiger charge is 2.14. The van der Waals surface area contributed by atoms with E-state index < -0.39 is 16.7 Å². The van der Waals surface area contributed by atoms with Gasteiger partial charge in [-0.2, -0.15) is 5.10 Å². The maximum absolute atomic E-state index is 11.8. The third-order valence-corrected chi connectivity index (χ3v) is 3.47. The van der Waals surface area contributed by atoms with Crippen LogP contribution in [0.2, 0.25) is 0 Å². The van der Waals surface area contributed by atoms with Gasteiger partial charge in [0.2, 0.25) is 0 Å². The predicted octanol–water partition coefficient (Wildman–Crippen LogP) is 2.30. The van der Waals surface area contributed by atoms with E-state index >= 15 is 0 Å². The van der Waals surface area contributed by atoms with Gasteiger partial charge in [-0.15, -0.1) is 0 Å². The van der Waals surface area contributed by atoms with E-state index in [0.717, 1.165) is 17.3 Å². The van der Waals surface area contributed by atoms with Crippen LogP contribution in [0.4, 0.5) is 11.4 Å². The summed E-state index contributed by atoms with van der Waals surface area (Å²) in [6.45, 7) is 3.83. The average molecular weight is 340 g/mol. The van der Waals surface area contributed by atoms with Gasteiger partial charge < -0.3 is 5.32 Å². The molecule has 2 rings (SSSR count). The van der Waals surface area contributed by atoms with Crippen LogP contribution in [0.15, 0.2) is 47.6 Å². The third kappa shape index (κ3) is 4.71. The fourth-order valence-electron chi connectivity index (χ4n) is 1.98. The first-order valence-electron chi connectivity index (χ1n) is 7.33. The van der Waals surface area contributed by atoms with Crippen molar-refractivity contribution in [3.05, 3.63) is 69.3 Å². The summed E-state index contributed by atoms with van der Waals surface area (Å²) in [7, 11) is 0. The number of benzene rings is 2. The molecule has 0 aliphatic rings. The Hall–Kier alpha value is -3.55. The number of anilines is 1. The van der Waals surface area contributed by atoms with Gasteiger partial charge in [0.25, 0.3) is 5.69 Å². The zero-order chi connectivity index (χ0) is 18.4. The van der Waals surface area contributed by atoms with Crippen LogP contribution in [0.1, 0.15) is 16.7 Å². The van der Waals surface area contributed by atoms with E-state index in [1.54, 1.807) is 18.2 Å². The summed E-state index contributed by atoms with van der Waals surface area (Å²) in [5.74, 6) is -1.86. The van der Waals surface area contributed by atoms with E-state index in [9.17, 15) is 19.7 Å². The topological polar surface area (TPSA) is 114 Å². The van der Waals surface area contributed by atoms with E-state index in [-0.39, 0.29) is 11.3 Å². The Morgan fingerprint density at radius 3 is 2.48 bits per heavy atom. The Morgan fingerprint density at radius 2 is 1.80 bits per heavy atom. The first kappa shape index (κ1) is 17.8. The number of rotatable bonds is 4. The summed E-state index contributed by atoms with van der Waals surface area (Å²) in [5, 5.41) is 16.9. The fourth-order valence-corrected chi connectivity index (χ4v) is 1.98. The number of para-hydroxylation sites is 1. The second-order valence-corrected chi connectivity index (χ2v) is 5.27. The van der Waals surface area contributed by atoms with Gasteiger partial charge in [0.1, 0.15) is 0 Å². The molecule has 0 atom stereocenters. The lowest BCUT2D eigenvalue weighted by Crippen LogP contribution is -2.32. The van der Waals surface area contributed by atoms with E-state index in [1.165, 1.54) is 18.2 Å². The highest BCUT2D eigenvalue weighted by atomic mass is 16.6. The number of nitrogens with zero attached hydrogens (tertiary/aromatic N) is 2. The van der Waals surface area contributed by atoms with Crippen LogP contribution in [0, 0.1) is 24.0 Å². The third-order valence-electron chi connectivity index (χ3n) is 3.47. The quantitative estimate of drug-likeness (QED) is 0.385. The molecule has 128 valence electrons. The minimum Gasteiger partial charge on any atom is -0.318 e. The summed E-state index contributed by atoms with van der Waals surface area (Å²) >= 11 is 0. The van der Waals surface area contributed by atoms with Gasteiger partial charge in [-0.05, 0) is 43.2 Å². The molecule has 8 nitrogen and oxygen atoms in total. The Morgan fingerprint density at radius 1 is 1.08 bits per heavy atom. The molecule has 8 heteroatoms. The minimum atomic E-state index is -0.979. The number of nitro groups is 1. The van der Waals surface area contributed by atoms with Crippen molar-refractivity contribution in [1.82, 2.24) is 5.43 Å². The number of nitrogens with one attached hydrogen (secondary N) is 2. The second-order valence-electron chi connectivity index (χ2n) is 5.27. The van der Waals surface area contributed by atoms with Crippen molar-refractivity contribution in [2.45, 2.75) is 13.8 Å². The van der Waals surface area contributed by atoms with Crippen LogP contribution < -0.4 is 10.7 Å². The molecule has 0 unspecified atom stereocenters. The van der Waals surface area contributed by atoms with Gasteiger partial charge in [0.15, 0.2) is 0 Å². The van der Waals surface area contributed by atoms with Gasteiger partial charge in [-0.3, -0.25) is 19.7 Å². The van der Waals surface area contributed by atoms with Crippen molar-refractivity contribution < 1.29 is 14.5 Å². The Bertz CT molecular complexity index is 861. The van der Waals surface area contributed by atoms with Crippen LogP contribution in [0.5, 0.6) is 0 Å². The molecule has 0 saturated carbocycles. The number of aryl methyl sites for hydroxylation is 2. The van der Waals surface area contributed by atoms with Crippen molar-refractivity contribution >= 4 is 29.4 Å². The number of amides is 2. The summed E-state index contributed by atoms with van der Waals surface area (Å²) in [6, 6.07) is 11.2. The minimum absolute atomic E-state index is 0.153. The lowest BCUT2D eigenvalue weighted by molar-refractivity contribution is -0.385. The van der Waals surface area contributed by atoms with Gasteiger partial charge in [-0.1, -0.05) is 18.2 Å². The predicted molar refractivity (Wildman–Crippen MR) is 93.4 cm³/mol.